The van der Waals surface area contributed by atoms with Gasteiger partial charge < -0.3 is 10.5 Å². The summed E-state index contributed by atoms with van der Waals surface area (Å²) < 4.78 is 5.24. The minimum absolute atomic E-state index is 0.548. The number of nitrogens with two attached hydrogens (primary N) is 1. The van der Waals surface area contributed by atoms with Gasteiger partial charge in [0.1, 0.15) is 11.7 Å². The molecule has 2 N–H and O–H groups in total. The molecule has 1 rings (SSSR count). The maximum absolute atomic E-state index is 10.1. The summed E-state index contributed by atoms with van der Waals surface area (Å²) >= 11 is 0. The van der Waals surface area contributed by atoms with Crippen LogP contribution in [0, 0.1) is 0 Å². The fourth-order valence-corrected chi connectivity index (χ4v) is 0.998. The maximum Gasteiger partial charge on any atom is 0.125 e. The summed E-state index contributed by atoms with van der Waals surface area (Å²) in [5, 5.41) is 0. The molecule has 0 amide bonds. The smallest absolute Gasteiger partial charge is 0.125 e. The molecule has 0 aliphatic carbocycles. The molecule has 0 fully saturated rings. The van der Waals surface area contributed by atoms with Gasteiger partial charge in [-0.05, 0) is 25.1 Å². The lowest BCUT2D eigenvalue weighted by Gasteiger charge is -2.04. The largest absolute Gasteiger partial charge is 0.494 e. The first-order valence-electron chi connectivity index (χ1n) is 4.01. The molecule has 0 aromatic heterocycles. The topological polar surface area (TPSA) is 52.3 Å². The van der Waals surface area contributed by atoms with Gasteiger partial charge in [-0.25, -0.2) is 4.79 Å². The standard InChI is InChI=1S/C10H11NO2/c1-2-13-9-3-4-10(11)8(7-9)5-6-12/h3-5,7H,2,11H2,1H3. The van der Waals surface area contributed by atoms with Crippen molar-refractivity contribution >= 4 is 17.7 Å². The Balaban J connectivity index is 3.03. The van der Waals surface area contributed by atoms with Gasteiger partial charge in [-0.1, -0.05) is 0 Å². The SMILES string of the molecule is CCOc1ccc(N)c(C=C=O)c1. The number of carbonyl (C=O) groups excluding carboxylic acids is 1. The van der Waals surface area contributed by atoms with Crippen LogP contribution in [0.25, 0.3) is 6.08 Å². The molecule has 1 aromatic carbocycles. The highest BCUT2D eigenvalue weighted by Gasteiger charge is 1.98. The molecule has 0 unspecified atom stereocenters. The van der Waals surface area contributed by atoms with E-state index in [9.17, 15) is 4.79 Å². The number of hydrogen-bond donors (Lipinski definition) is 1. The second kappa shape index (κ2) is 4.33. The van der Waals surface area contributed by atoms with E-state index in [1.165, 1.54) is 6.08 Å². The van der Waals surface area contributed by atoms with Crippen molar-refractivity contribution in [2.24, 2.45) is 0 Å². The molecule has 0 saturated heterocycles. The zero-order chi connectivity index (χ0) is 9.68. The Morgan fingerprint density at radius 3 is 3.00 bits per heavy atom. The van der Waals surface area contributed by atoms with Crippen molar-refractivity contribution in [3.63, 3.8) is 0 Å². The van der Waals surface area contributed by atoms with Crippen molar-refractivity contribution in [2.75, 3.05) is 12.3 Å². The predicted octanol–water partition coefficient (Wildman–Crippen LogP) is 1.51. The molecule has 0 atom stereocenters. The molecule has 3 nitrogen and oxygen atoms in total. The molecule has 13 heavy (non-hydrogen) atoms. The third kappa shape index (κ3) is 2.36. The monoisotopic (exact) mass is 177 g/mol. The third-order valence-corrected chi connectivity index (χ3v) is 1.58. The van der Waals surface area contributed by atoms with Gasteiger partial charge in [-0.15, -0.1) is 0 Å². The van der Waals surface area contributed by atoms with E-state index in [0.29, 0.717) is 23.6 Å². The Hall–Kier alpha value is -1.73. The highest BCUT2D eigenvalue weighted by molar-refractivity contribution is 5.80. The molecule has 0 saturated carbocycles. The summed E-state index contributed by atoms with van der Waals surface area (Å²) in [6.45, 7) is 2.49. The number of benzene rings is 1. The van der Waals surface area contributed by atoms with Crippen molar-refractivity contribution < 1.29 is 9.53 Å². The van der Waals surface area contributed by atoms with Crippen molar-refractivity contribution in [2.45, 2.75) is 6.92 Å². The molecule has 0 spiro atoms. The van der Waals surface area contributed by atoms with Gasteiger partial charge in [0, 0.05) is 17.3 Å². The second-order valence-electron chi connectivity index (χ2n) is 2.49. The van der Waals surface area contributed by atoms with Crippen LogP contribution >= 0.6 is 0 Å². The zero-order valence-electron chi connectivity index (χ0n) is 7.41. The summed E-state index contributed by atoms with van der Waals surface area (Å²) in [6, 6.07) is 5.18. The molecule has 0 bridgehead atoms. The summed E-state index contributed by atoms with van der Waals surface area (Å²) in [5.74, 6) is 2.39. The van der Waals surface area contributed by atoms with E-state index in [-0.39, 0.29) is 0 Å². The van der Waals surface area contributed by atoms with Gasteiger partial charge in [0.15, 0.2) is 0 Å². The number of nitrogen functional groups attached to an aromatic ring is 1. The molecule has 0 aliphatic rings. The fraction of sp³-hybridized carbons (Fsp3) is 0.200. The van der Waals surface area contributed by atoms with Gasteiger partial charge in [0.25, 0.3) is 0 Å². The molecule has 1 aromatic rings. The van der Waals surface area contributed by atoms with E-state index in [2.05, 4.69) is 0 Å². The van der Waals surface area contributed by atoms with Crippen molar-refractivity contribution in [1.29, 1.82) is 0 Å². The summed E-state index contributed by atoms with van der Waals surface area (Å²) in [5.41, 5.74) is 6.79. The lowest BCUT2D eigenvalue weighted by molar-refractivity contribution is 0.340. The quantitative estimate of drug-likeness (QED) is 0.562. The van der Waals surface area contributed by atoms with Crippen molar-refractivity contribution in [3.05, 3.63) is 23.8 Å². The van der Waals surface area contributed by atoms with E-state index in [1.54, 1.807) is 24.1 Å². The molecular formula is C10H11NO2. The van der Waals surface area contributed by atoms with Crippen LogP contribution in [-0.4, -0.2) is 12.5 Å². The minimum Gasteiger partial charge on any atom is -0.494 e. The van der Waals surface area contributed by atoms with Crippen LogP contribution in [0.1, 0.15) is 12.5 Å². The maximum atomic E-state index is 10.1. The Kier molecular flexibility index (Phi) is 3.12. The first-order valence-corrected chi connectivity index (χ1v) is 4.01. The Morgan fingerprint density at radius 2 is 2.38 bits per heavy atom. The van der Waals surface area contributed by atoms with Crippen LogP contribution in [0.4, 0.5) is 5.69 Å². The van der Waals surface area contributed by atoms with Crippen LogP contribution < -0.4 is 10.5 Å². The summed E-state index contributed by atoms with van der Waals surface area (Å²) in [7, 11) is 0. The zero-order valence-corrected chi connectivity index (χ0v) is 7.41. The van der Waals surface area contributed by atoms with Crippen LogP contribution in [0.15, 0.2) is 18.2 Å². The van der Waals surface area contributed by atoms with Gasteiger partial charge in [-0.2, -0.15) is 0 Å². The van der Waals surface area contributed by atoms with Gasteiger partial charge in [-0.3, -0.25) is 0 Å². The van der Waals surface area contributed by atoms with E-state index < -0.39 is 0 Å². The normalized spacial score (nSPS) is 9.00. The van der Waals surface area contributed by atoms with Gasteiger partial charge >= 0.3 is 0 Å². The number of rotatable bonds is 3. The van der Waals surface area contributed by atoms with E-state index in [1.807, 2.05) is 6.92 Å². The van der Waals surface area contributed by atoms with Crippen molar-refractivity contribution in [3.8, 4) is 5.75 Å². The number of hydrogen-bond acceptors (Lipinski definition) is 3. The third-order valence-electron chi connectivity index (χ3n) is 1.58. The van der Waals surface area contributed by atoms with Crippen LogP contribution in [0.2, 0.25) is 0 Å². The van der Waals surface area contributed by atoms with Crippen LogP contribution in [0.5, 0.6) is 5.75 Å². The Bertz CT molecular complexity index is 341. The molecule has 0 heterocycles. The lowest BCUT2D eigenvalue weighted by atomic mass is 10.2. The summed E-state index contributed by atoms with van der Waals surface area (Å²) in [6.07, 6.45) is 1.29. The average molecular weight is 177 g/mol. The molecule has 3 heteroatoms. The Labute approximate surface area is 76.8 Å². The number of ether oxygens (including phenoxy) is 1. The van der Waals surface area contributed by atoms with Gasteiger partial charge in [0.2, 0.25) is 0 Å². The average Bonchev–Trinajstić information content (AvgIpc) is 2.12. The second-order valence-corrected chi connectivity index (χ2v) is 2.49. The molecule has 0 radical (unpaired) electrons. The Morgan fingerprint density at radius 1 is 1.62 bits per heavy atom. The molecule has 0 aliphatic heterocycles. The highest BCUT2D eigenvalue weighted by Crippen LogP contribution is 2.20. The predicted molar refractivity (Wildman–Crippen MR) is 52.2 cm³/mol. The first-order chi connectivity index (χ1) is 6.27. The molecule has 68 valence electrons. The van der Waals surface area contributed by atoms with Crippen molar-refractivity contribution in [1.82, 2.24) is 0 Å². The fourth-order valence-electron chi connectivity index (χ4n) is 0.998. The van der Waals surface area contributed by atoms with Crippen LogP contribution in [-0.2, 0) is 4.79 Å². The lowest BCUT2D eigenvalue weighted by Crippen LogP contribution is -1.94. The van der Waals surface area contributed by atoms with E-state index in [4.69, 9.17) is 10.5 Å². The number of anilines is 1. The summed E-state index contributed by atoms with van der Waals surface area (Å²) in [4.78, 5) is 10.1. The minimum atomic E-state index is 0.548. The van der Waals surface area contributed by atoms with E-state index >= 15 is 0 Å². The van der Waals surface area contributed by atoms with Crippen LogP contribution in [0.3, 0.4) is 0 Å². The first kappa shape index (κ1) is 9.36. The van der Waals surface area contributed by atoms with E-state index in [0.717, 1.165) is 0 Å². The van der Waals surface area contributed by atoms with Gasteiger partial charge in [0.05, 0.1) is 6.61 Å². The molecular weight excluding hydrogens is 166 g/mol. The highest BCUT2D eigenvalue weighted by atomic mass is 16.5.